The molecule has 106 valence electrons. The molecule has 1 rings (SSSR count). The number of rotatable bonds is 6. The number of nitrogens with zero attached hydrogens (tertiary/aromatic N) is 3. The van der Waals surface area contributed by atoms with Gasteiger partial charge in [-0.2, -0.15) is 11.8 Å². The number of thioether (sulfide) groups is 1. The first-order chi connectivity index (χ1) is 9.03. The minimum Gasteiger partial charge on any atom is -0.409 e. The van der Waals surface area contributed by atoms with Gasteiger partial charge in [-0.15, -0.1) is 0 Å². The van der Waals surface area contributed by atoms with E-state index in [0.717, 1.165) is 23.7 Å². The summed E-state index contributed by atoms with van der Waals surface area (Å²) in [4.78, 5) is 6.68. The summed E-state index contributed by atoms with van der Waals surface area (Å²) in [6.07, 6.45) is 3.15. The summed E-state index contributed by atoms with van der Waals surface area (Å²) in [5.41, 5.74) is 7.19. The van der Waals surface area contributed by atoms with E-state index in [1.54, 1.807) is 0 Å². The van der Waals surface area contributed by atoms with Crippen molar-refractivity contribution in [2.45, 2.75) is 26.3 Å². The zero-order valence-corrected chi connectivity index (χ0v) is 12.7. The smallest absolute Gasteiger partial charge is 0.170 e. The van der Waals surface area contributed by atoms with Crippen molar-refractivity contribution in [1.29, 1.82) is 0 Å². The van der Waals surface area contributed by atoms with Crippen molar-refractivity contribution in [1.82, 2.24) is 4.98 Å². The van der Waals surface area contributed by atoms with E-state index in [2.05, 4.69) is 28.2 Å². The molecule has 0 aliphatic rings. The van der Waals surface area contributed by atoms with Crippen molar-refractivity contribution in [2.24, 2.45) is 10.9 Å². The van der Waals surface area contributed by atoms with Crippen LogP contribution in [0, 0.1) is 6.92 Å². The summed E-state index contributed by atoms with van der Waals surface area (Å²) in [7, 11) is 2.03. The highest BCUT2D eigenvalue weighted by molar-refractivity contribution is 7.98. The van der Waals surface area contributed by atoms with Crippen LogP contribution < -0.4 is 10.6 Å². The highest BCUT2D eigenvalue weighted by Gasteiger charge is 2.15. The molecule has 6 heteroatoms. The first kappa shape index (κ1) is 15.6. The van der Waals surface area contributed by atoms with Gasteiger partial charge in [-0.3, -0.25) is 0 Å². The largest absolute Gasteiger partial charge is 0.409 e. The second-order valence-corrected chi connectivity index (χ2v) is 5.38. The van der Waals surface area contributed by atoms with Crippen molar-refractivity contribution in [3.05, 3.63) is 23.4 Å². The Morgan fingerprint density at radius 3 is 2.79 bits per heavy atom. The fourth-order valence-corrected chi connectivity index (χ4v) is 2.76. The molecule has 0 aromatic carbocycles. The van der Waals surface area contributed by atoms with Crippen molar-refractivity contribution in [3.63, 3.8) is 0 Å². The maximum atomic E-state index is 8.77. The molecule has 0 saturated carbocycles. The Morgan fingerprint density at radius 2 is 2.26 bits per heavy atom. The Kier molecular flexibility index (Phi) is 5.95. The average Bonchev–Trinajstić information content (AvgIpc) is 2.42. The normalized spacial score (nSPS) is 13.4. The summed E-state index contributed by atoms with van der Waals surface area (Å²) >= 11 is 1.82. The summed E-state index contributed by atoms with van der Waals surface area (Å²) in [5, 5.41) is 11.8. The number of hydrogen-bond donors (Lipinski definition) is 2. The van der Waals surface area contributed by atoms with Gasteiger partial charge in [0.2, 0.25) is 0 Å². The van der Waals surface area contributed by atoms with Crippen LogP contribution in [0.3, 0.4) is 0 Å². The Labute approximate surface area is 118 Å². The van der Waals surface area contributed by atoms with Gasteiger partial charge in [-0.1, -0.05) is 12.1 Å². The van der Waals surface area contributed by atoms with Crippen LogP contribution >= 0.6 is 11.8 Å². The van der Waals surface area contributed by atoms with E-state index >= 15 is 0 Å². The van der Waals surface area contributed by atoms with Crippen LogP contribution in [0.5, 0.6) is 0 Å². The van der Waals surface area contributed by atoms with E-state index in [4.69, 9.17) is 10.9 Å². The molecule has 0 aliphatic heterocycles. The molecule has 0 fully saturated rings. The number of pyridine rings is 1. The molecule has 0 saturated heterocycles. The minimum absolute atomic E-state index is 0.109. The van der Waals surface area contributed by atoms with E-state index < -0.39 is 0 Å². The fourth-order valence-electron chi connectivity index (χ4n) is 1.92. The number of hydrogen-bond acceptors (Lipinski definition) is 5. The van der Waals surface area contributed by atoms with Gasteiger partial charge in [0, 0.05) is 30.1 Å². The predicted octanol–water partition coefficient (Wildman–Crippen LogP) is 2.06. The Bertz CT molecular complexity index is 450. The van der Waals surface area contributed by atoms with Crippen LogP contribution in [-0.4, -0.2) is 41.1 Å². The zero-order chi connectivity index (χ0) is 14.4. The van der Waals surface area contributed by atoms with Crippen LogP contribution in [0.1, 0.15) is 24.6 Å². The van der Waals surface area contributed by atoms with Crippen LogP contribution in [0.4, 0.5) is 5.82 Å². The molecular formula is C13H22N4OS. The molecule has 0 amide bonds. The van der Waals surface area contributed by atoms with Crippen LogP contribution in [0.25, 0.3) is 0 Å². The molecule has 1 atom stereocenters. The van der Waals surface area contributed by atoms with Gasteiger partial charge >= 0.3 is 0 Å². The van der Waals surface area contributed by atoms with Gasteiger partial charge in [0.1, 0.15) is 5.82 Å². The van der Waals surface area contributed by atoms with E-state index in [1.165, 1.54) is 0 Å². The lowest BCUT2D eigenvalue weighted by atomic mass is 10.2. The van der Waals surface area contributed by atoms with Crippen molar-refractivity contribution in [2.75, 3.05) is 24.0 Å². The second kappa shape index (κ2) is 7.23. The molecule has 5 nitrogen and oxygen atoms in total. The standard InChI is InChI=1S/C13H22N4OS/c1-5-11(8-19-4)17(3)12-7-10(13(14)16-18)6-9(2)15-12/h6-7,11,18H,5,8H2,1-4H3,(H2,14,16). The summed E-state index contributed by atoms with van der Waals surface area (Å²) in [5.74, 6) is 2.00. The first-order valence-corrected chi connectivity index (χ1v) is 7.61. The lowest BCUT2D eigenvalue weighted by Gasteiger charge is -2.28. The Hall–Kier alpha value is -1.43. The van der Waals surface area contributed by atoms with E-state index in [0.29, 0.717) is 11.6 Å². The first-order valence-electron chi connectivity index (χ1n) is 6.21. The lowest BCUT2D eigenvalue weighted by Crippen LogP contribution is -2.34. The molecule has 3 N–H and O–H groups in total. The Morgan fingerprint density at radius 1 is 1.58 bits per heavy atom. The van der Waals surface area contributed by atoms with Crippen LogP contribution in [-0.2, 0) is 0 Å². The topological polar surface area (TPSA) is 74.7 Å². The highest BCUT2D eigenvalue weighted by Crippen LogP contribution is 2.19. The third-order valence-electron chi connectivity index (χ3n) is 3.08. The molecule has 1 heterocycles. The third kappa shape index (κ3) is 4.02. The summed E-state index contributed by atoms with van der Waals surface area (Å²) < 4.78 is 0. The predicted molar refractivity (Wildman–Crippen MR) is 82.3 cm³/mol. The average molecular weight is 282 g/mol. The quantitative estimate of drug-likeness (QED) is 0.361. The third-order valence-corrected chi connectivity index (χ3v) is 3.80. The molecule has 1 aromatic rings. The van der Waals surface area contributed by atoms with Gasteiger partial charge in [-0.25, -0.2) is 4.98 Å². The maximum Gasteiger partial charge on any atom is 0.170 e. The van der Waals surface area contributed by atoms with E-state index in [1.807, 2.05) is 37.9 Å². The molecule has 1 aromatic heterocycles. The molecule has 1 unspecified atom stereocenters. The fraction of sp³-hybridized carbons (Fsp3) is 0.538. The van der Waals surface area contributed by atoms with Crippen LogP contribution in [0.2, 0.25) is 0 Å². The molecule has 0 aliphatic carbocycles. The van der Waals surface area contributed by atoms with E-state index in [-0.39, 0.29) is 5.84 Å². The Balaban J connectivity index is 3.09. The molecular weight excluding hydrogens is 260 g/mol. The van der Waals surface area contributed by atoms with Gasteiger partial charge in [0.15, 0.2) is 5.84 Å². The van der Waals surface area contributed by atoms with Gasteiger partial charge in [0.25, 0.3) is 0 Å². The minimum atomic E-state index is 0.109. The monoisotopic (exact) mass is 282 g/mol. The summed E-state index contributed by atoms with van der Waals surface area (Å²) in [6.45, 7) is 4.07. The lowest BCUT2D eigenvalue weighted by molar-refractivity contribution is 0.318. The maximum absolute atomic E-state index is 8.77. The number of anilines is 1. The molecule has 0 spiro atoms. The highest BCUT2D eigenvalue weighted by atomic mass is 32.2. The zero-order valence-electron chi connectivity index (χ0n) is 11.9. The van der Waals surface area contributed by atoms with Crippen LogP contribution in [0.15, 0.2) is 17.3 Å². The SMILES string of the molecule is CCC(CSC)N(C)c1cc(/C(N)=N/O)cc(C)n1. The summed E-state index contributed by atoms with van der Waals surface area (Å²) in [6, 6.07) is 4.08. The second-order valence-electron chi connectivity index (χ2n) is 4.47. The van der Waals surface area contributed by atoms with Crippen molar-refractivity contribution >= 4 is 23.4 Å². The number of nitrogens with two attached hydrogens (primary N) is 1. The van der Waals surface area contributed by atoms with Gasteiger partial charge < -0.3 is 15.8 Å². The molecule has 0 radical (unpaired) electrons. The van der Waals surface area contributed by atoms with Crippen molar-refractivity contribution < 1.29 is 5.21 Å². The molecule has 0 bridgehead atoms. The number of amidine groups is 1. The number of oxime groups is 1. The van der Waals surface area contributed by atoms with E-state index in [9.17, 15) is 0 Å². The van der Waals surface area contributed by atoms with Gasteiger partial charge in [-0.05, 0) is 31.7 Å². The van der Waals surface area contributed by atoms with Gasteiger partial charge in [0.05, 0.1) is 0 Å². The number of aryl methyl sites for hydroxylation is 1. The molecule has 19 heavy (non-hydrogen) atoms. The number of aromatic nitrogens is 1. The van der Waals surface area contributed by atoms with Crippen molar-refractivity contribution in [3.8, 4) is 0 Å².